The molecule has 0 radical (unpaired) electrons. The van der Waals surface area contributed by atoms with E-state index in [1.807, 2.05) is 13.8 Å². The number of aromatic nitrogens is 2. The zero-order chi connectivity index (χ0) is 22.8. The summed E-state index contributed by atoms with van der Waals surface area (Å²) in [6.07, 6.45) is 1.01. The Kier molecular flexibility index (Phi) is 6.73. The van der Waals surface area contributed by atoms with Gasteiger partial charge in [0.2, 0.25) is 27.4 Å². The van der Waals surface area contributed by atoms with Gasteiger partial charge in [-0.15, -0.1) is 5.10 Å². The van der Waals surface area contributed by atoms with Crippen molar-refractivity contribution in [1.82, 2.24) is 15.1 Å². The van der Waals surface area contributed by atoms with Gasteiger partial charge in [0.25, 0.3) is 0 Å². The highest BCUT2D eigenvalue weighted by Crippen LogP contribution is 2.41. The summed E-state index contributed by atoms with van der Waals surface area (Å²) >= 11 is 0. The lowest BCUT2D eigenvalue weighted by atomic mass is 9.92. The van der Waals surface area contributed by atoms with Crippen molar-refractivity contribution in [2.45, 2.75) is 25.5 Å². The van der Waals surface area contributed by atoms with E-state index >= 15 is 0 Å². The summed E-state index contributed by atoms with van der Waals surface area (Å²) in [5.74, 6) is 0.485. The Balaban J connectivity index is 1.83. The fourth-order valence-electron chi connectivity index (χ4n) is 3.84. The average Bonchev–Trinajstić information content (AvgIpc) is 3.23. The van der Waals surface area contributed by atoms with Crippen molar-refractivity contribution < 1.29 is 31.8 Å². The lowest BCUT2D eigenvalue weighted by Crippen LogP contribution is -2.44. The van der Waals surface area contributed by atoms with E-state index in [2.05, 4.69) is 10.2 Å². The second-order valence-corrected chi connectivity index (χ2v) is 9.66. The van der Waals surface area contributed by atoms with Gasteiger partial charge < -0.3 is 23.5 Å². The smallest absolute Gasteiger partial charge is 0.336 e. The highest BCUT2D eigenvalue weighted by Gasteiger charge is 2.32. The number of amides is 1. The van der Waals surface area contributed by atoms with E-state index in [1.54, 1.807) is 17.0 Å². The van der Waals surface area contributed by atoms with Crippen molar-refractivity contribution in [3.8, 4) is 28.7 Å². The van der Waals surface area contributed by atoms with Gasteiger partial charge in [-0.1, -0.05) is 18.9 Å². The van der Waals surface area contributed by atoms with E-state index in [0.29, 0.717) is 47.7 Å². The maximum Gasteiger partial charge on any atom is 0.336 e. The van der Waals surface area contributed by atoms with E-state index in [9.17, 15) is 13.2 Å². The molecular formula is C20H27N3O7S. The number of benzene rings is 1. The number of sulfone groups is 1. The summed E-state index contributed by atoms with van der Waals surface area (Å²) in [6.45, 7) is 5.18. The molecular weight excluding hydrogens is 426 g/mol. The third-order valence-electron chi connectivity index (χ3n) is 5.12. The fourth-order valence-corrected chi connectivity index (χ4v) is 4.84. The van der Waals surface area contributed by atoms with Crippen molar-refractivity contribution in [3.63, 3.8) is 0 Å². The Morgan fingerprint density at radius 3 is 2.16 bits per heavy atom. The molecule has 10 nitrogen and oxygen atoms in total. The third kappa shape index (κ3) is 4.92. The Morgan fingerprint density at radius 2 is 1.65 bits per heavy atom. The number of ether oxygens (including phenoxy) is 3. The van der Waals surface area contributed by atoms with E-state index in [1.165, 1.54) is 21.3 Å². The Bertz CT molecular complexity index is 1020. The number of methoxy groups -OCH3 is 3. The van der Waals surface area contributed by atoms with Gasteiger partial charge in [0.15, 0.2) is 11.5 Å². The quantitative estimate of drug-likeness (QED) is 0.620. The van der Waals surface area contributed by atoms with Crippen LogP contribution in [0.5, 0.6) is 17.2 Å². The molecule has 2 heterocycles. The Hall–Kier alpha value is -2.82. The lowest BCUT2D eigenvalue weighted by molar-refractivity contribution is -0.131. The predicted molar refractivity (Wildman–Crippen MR) is 111 cm³/mol. The molecule has 1 saturated heterocycles. The van der Waals surface area contributed by atoms with Gasteiger partial charge in [-0.05, 0) is 30.4 Å². The van der Waals surface area contributed by atoms with E-state index < -0.39 is 26.7 Å². The molecule has 1 aromatic carbocycles. The molecule has 1 amide bonds. The summed E-state index contributed by atoms with van der Waals surface area (Å²) in [7, 11) is 0.291. The number of nitrogens with zero attached hydrogens (tertiary/aromatic N) is 3. The first-order valence-corrected chi connectivity index (χ1v) is 11.5. The van der Waals surface area contributed by atoms with Crippen LogP contribution in [0.3, 0.4) is 0 Å². The van der Waals surface area contributed by atoms with Gasteiger partial charge >= 0.3 is 5.22 Å². The predicted octanol–water partition coefficient (Wildman–Crippen LogP) is 2.04. The minimum absolute atomic E-state index is 0.0505. The van der Waals surface area contributed by atoms with Gasteiger partial charge in [-0.25, -0.2) is 8.42 Å². The lowest BCUT2D eigenvalue weighted by Gasteiger charge is -2.34. The SMILES string of the molecule is COc1cc(-c2nnc(S(=O)(=O)CC(=O)N3CC(C)CC(C)C3)o2)cc(OC)c1OC. The van der Waals surface area contributed by atoms with Crippen molar-refractivity contribution in [2.75, 3.05) is 40.2 Å². The molecule has 11 heteroatoms. The van der Waals surface area contributed by atoms with Crippen LogP contribution in [0.15, 0.2) is 21.8 Å². The van der Waals surface area contributed by atoms with E-state index in [0.717, 1.165) is 6.42 Å². The molecule has 170 valence electrons. The first kappa shape index (κ1) is 22.9. The standard InChI is InChI=1S/C20H27N3O7S/c1-12-6-13(2)10-23(9-12)17(24)11-31(25,26)20-22-21-19(30-20)14-7-15(27-3)18(29-5)16(8-14)28-4/h7-8,12-13H,6,9-11H2,1-5H3. The van der Waals surface area contributed by atoms with E-state index in [4.69, 9.17) is 18.6 Å². The van der Waals surface area contributed by atoms with Crippen LogP contribution >= 0.6 is 0 Å². The van der Waals surface area contributed by atoms with Crippen molar-refractivity contribution >= 4 is 15.7 Å². The van der Waals surface area contributed by atoms with Crippen LogP contribution in [-0.2, 0) is 14.6 Å². The van der Waals surface area contributed by atoms with Crippen molar-refractivity contribution in [2.24, 2.45) is 11.8 Å². The number of likely N-dealkylation sites (tertiary alicyclic amines) is 1. The summed E-state index contributed by atoms with van der Waals surface area (Å²) in [4.78, 5) is 14.2. The van der Waals surface area contributed by atoms with Gasteiger partial charge in [0.1, 0.15) is 5.75 Å². The average molecular weight is 454 g/mol. The van der Waals surface area contributed by atoms with Crippen molar-refractivity contribution in [3.05, 3.63) is 12.1 Å². The molecule has 1 aliphatic rings. The normalized spacial score (nSPS) is 19.2. The molecule has 2 atom stereocenters. The second-order valence-electron chi connectivity index (χ2n) is 7.79. The number of hydrogen-bond donors (Lipinski definition) is 0. The van der Waals surface area contributed by atoms with Crippen LogP contribution in [0.1, 0.15) is 20.3 Å². The number of carbonyl (C=O) groups excluding carboxylic acids is 1. The first-order valence-electron chi connectivity index (χ1n) is 9.82. The number of carbonyl (C=O) groups is 1. The molecule has 31 heavy (non-hydrogen) atoms. The largest absolute Gasteiger partial charge is 0.493 e. The minimum Gasteiger partial charge on any atom is -0.493 e. The monoisotopic (exact) mass is 453 g/mol. The molecule has 0 N–H and O–H groups in total. The minimum atomic E-state index is -4.09. The zero-order valence-corrected chi connectivity index (χ0v) is 19.1. The maximum atomic E-state index is 12.7. The molecule has 2 aromatic rings. The zero-order valence-electron chi connectivity index (χ0n) is 18.2. The molecule has 1 aromatic heterocycles. The van der Waals surface area contributed by atoms with Gasteiger partial charge in [-0.3, -0.25) is 4.79 Å². The van der Waals surface area contributed by atoms with Crippen LogP contribution in [-0.4, -0.2) is 69.6 Å². The van der Waals surface area contributed by atoms with Gasteiger partial charge in [-0.2, -0.15) is 0 Å². The van der Waals surface area contributed by atoms with Crippen LogP contribution in [0, 0.1) is 11.8 Å². The highest BCUT2D eigenvalue weighted by atomic mass is 32.2. The molecule has 3 rings (SSSR count). The molecule has 0 saturated carbocycles. The fraction of sp³-hybridized carbons (Fsp3) is 0.550. The molecule has 1 fully saturated rings. The Morgan fingerprint density at radius 1 is 1.06 bits per heavy atom. The van der Waals surface area contributed by atoms with Gasteiger partial charge in [0, 0.05) is 18.7 Å². The maximum absolute atomic E-state index is 12.7. The topological polar surface area (TPSA) is 121 Å². The summed E-state index contributed by atoms with van der Waals surface area (Å²) in [6, 6.07) is 3.12. The number of rotatable bonds is 7. The molecule has 0 aliphatic carbocycles. The molecule has 2 unspecified atom stereocenters. The van der Waals surface area contributed by atoms with Crippen LogP contribution in [0.2, 0.25) is 0 Å². The van der Waals surface area contributed by atoms with Gasteiger partial charge in [0.05, 0.1) is 21.3 Å². The summed E-state index contributed by atoms with van der Waals surface area (Å²) in [5, 5.41) is 6.88. The highest BCUT2D eigenvalue weighted by molar-refractivity contribution is 7.91. The van der Waals surface area contributed by atoms with Crippen LogP contribution in [0.4, 0.5) is 0 Å². The Labute approximate surface area is 181 Å². The van der Waals surface area contributed by atoms with Crippen molar-refractivity contribution in [1.29, 1.82) is 0 Å². The molecule has 1 aliphatic heterocycles. The summed E-state index contributed by atoms with van der Waals surface area (Å²) in [5.41, 5.74) is 0.383. The number of piperidine rings is 1. The summed E-state index contributed by atoms with van der Waals surface area (Å²) < 4.78 is 46.7. The third-order valence-corrected chi connectivity index (χ3v) is 6.44. The van der Waals surface area contributed by atoms with Crippen LogP contribution in [0.25, 0.3) is 11.5 Å². The second kappa shape index (κ2) is 9.13. The van der Waals surface area contributed by atoms with Crippen LogP contribution < -0.4 is 14.2 Å². The number of hydrogen-bond acceptors (Lipinski definition) is 9. The molecule has 0 spiro atoms. The molecule has 0 bridgehead atoms. The first-order chi connectivity index (χ1) is 14.7. The van der Waals surface area contributed by atoms with E-state index in [-0.39, 0.29) is 5.89 Å².